The molecule has 0 aliphatic rings. The largest absolute Gasteiger partial charge is 0.310 e. The van der Waals surface area contributed by atoms with Gasteiger partial charge in [0.2, 0.25) is 0 Å². The molecule has 140 valence electrons. The van der Waals surface area contributed by atoms with Crippen molar-refractivity contribution in [1.82, 2.24) is 0 Å². The summed E-state index contributed by atoms with van der Waals surface area (Å²) in [5, 5.41) is 0. The van der Waals surface area contributed by atoms with Crippen LogP contribution in [-0.2, 0) is 6.42 Å². The van der Waals surface area contributed by atoms with Crippen LogP contribution in [0.2, 0.25) is 0 Å². The van der Waals surface area contributed by atoms with Gasteiger partial charge < -0.3 is 4.90 Å². The van der Waals surface area contributed by atoms with Crippen LogP contribution in [0.4, 0.5) is 17.1 Å². The molecule has 1 heteroatoms. The van der Waals surface area contributed by atoms with Gasteiger partial charge >= 0.3 is 0 Å². The van der Waals surface area contributed by atoms with Gasteiger partial charge in [-0.1, -0.05) is 55.7 Å². The molecule has 0 aliphatic carbocycles. The van der Waals surface area contributed by atoms with Gasteiger partial charge in [0.1, 0.15) is 0 Å². The molecule has 27 heavy (non-hydrogen) atoms. The first-order valence-electron chi connectivity index (χ1n) is 10.1. The second-order valence-electron chi connectivity index (χ2n) is 7.56. The Morgan fingerprint density at radius 1 is 0.630 bits per heavy atom. The van der Waals surface area contributed by atoms with Crippen molar-refractivity contribution >= 4 is 17.1 Å². The van der Waals surface area contributed by atoms with Crippen LogP contribution in [0.3, 0.4) is 0 Å². The minimum atomic E-state index is 1.17. The summed E-state index contributed by atoms with van der Waals surface area (Å²) in [6.07, 6.45) is 5.02. The van der Waals surface area contributed by atoms with Crippen molar-refractivity contribution in [2.45, 2.75) is 53.4 Å². The van der Waals surface area contributed by atoms with E-state index in [1.165, 1.54) is 65.0 Å². The Kier molecular flexibility index (Phi) is 6.34. The number of anilines is 3. The predicted molar refractivity (Wildman–Crippen MR) is 119 cm³/mol. The van der Waals surface area contributed by atoms with Crippen molar-refractivity contribution in [3.05, 3.63) is 89.0 Å². The molecule has 0 N–H and O–H groups in total. The molecular formula is C26H31N. The minimum Gasteiger partial charge on any atom is -0.310 e. The first-order valence-corrected chi connectivity index (χ1v) is 10.1. The van der Waals surface area contributed by atoms with E-state index in [1.54, 1.807) is 0 Å². The fourth-order valence-electron chi connectivity index (χ4n) is 3.40. The maximum atomic E-state index is 2.35. The Labute approximate surface area is 164 Å². The molecule has 0 unspecified atom stereocenters. The maximum absolute atomic E-state index is 2.35. The number of rotatable bonds is 7. The molecule has 1 nitrogen and oxygen atoms in total. The molecule has 0 amide bonds. The van der Waals surface area contributed by atoms with Gasteiger partial charge in [0.15, 0.2) is 0 Å². The summed E-state index contributed by atoms with van der Waals surface area (Å²) in [7, 11) is 0. The van der Waals surface area contributed by atoms with Crippen LogP contribution in [0.15, 0.2) is 66.7 Å². The minimum absolute atomic E-state index is 1.17. The molecule has 3 rings (SSSR count). The van der Waals surface area contributed by atoms with E-state index < -0.39 is 0 Å². The smallest absolute Gasteiger partial charge is 0.0464 e. The summed E-state index contributed by atoms with van der Waals surface area (Å²) in [5.74, 6) is 0. The van der Waals surface area contributed by atoms with Crippen LogP contribution < -0.4 is 4.90 Å². The van der Waals surface area contributed by atoms with E-state index in [4.69, 9.17) is 0 Å². The van der Waals surface area contributed by atoms with Crippen molar-refractivity contribution in [2.24, 2.45) is 0 Å². The van der Waals surface area contributed by atoms with E-state index in [0.29, 0.717) is 0 Å². The van der Waals surface area contributed by atoms with E-state index in [1.807, 2.05) is 0 Å². The lowest BCUT2D eigenvalue weighted by molar-refractivity contribution is 0.717. The quantitative estimate of drug-likeness (QED) is 0.390. The first kappa shape index (κ1) is 19.2. The molecule has 0 fully saturated rings. The van der Waals surface area contributed by atoms with E-state index in [2.05, 4.69) is 99.3 Å². The highest BCUT2D eigenvalue weighted by Crippen LogP contribution is 2.35. The number of benzene rings is 3. The zero-order valence-corrected chi connectivity index (χ0v) is 17.1. The number of aryl methyl sites for hydroxylation is 4. The third-order valence-electron chi connectivity index (χ3n) is 5.30. The molecule has 0 aliphatic heterocycles. The highest BCUT2D eigenvalue weighted by Gasteiger charge is 2.13. The van der Waals surface area contributed by atoms with Gasteiger partial charge in [-0.2, -0.15) is 0 Å². The summed E-state index contributed by atoms with van der Waals surface area (Å²) >= 11 is 0. The molecule has 3 aromatic rings. The molecule has 0 saturated carbocycles. The molecule has 0 heterocycles. The molecule has 0 bridgehead atoms. The van der Waals surface area contributed by atoms with E-state index in [9.17, 15) is 0 Å². The van der Waals surface area contributed by atoms with Gasteiger partial charge in [-0.25, -0.2) is 0 Å². The molecule has 0 atom stereocenters. The zero-order valence-electron chi connectivity index (χ0n) is 17.1. The molecule has 0 spiro atoms. The number of hydrogen-bond acceptors (Lipinski definition) is 1. The standard InChI is InChI=1S/C26H31N/c1-5-6-7-8-23-12-17-25(18-13-23)27(24-14-9-20(2)10-15-24)26-16-11-21(3)22(4)19-26/h9-19H,5-8H2,1-4H3. The Balaban J connectivity index is 1.96. The third kappa shape index (κ3) is 4.80. The highest BCUT2D eigenvalue weighted by atomic mass is 15.1. The normalized spacial score (nSPS) is 10.8. The summed E-state index contributed by atoms with van der Waals surface area (Å²) < 4.78 is 0. The predicted octanol–water partition coefficient (Wildman–Crippen LogP) is 7.81. The Hall–Kier alpha value is -2.54. The average Bonchev–Trinajstić information content (AvgIpc) is 2.68. The van der Waals surface area contributed by atoms with Crippen molar-refractivity contribution in [2.75, 3.05) is 4.90 Å². The monoisotopic (exact) mass is 357 g/mol. The Bertz CT molecular complexity index is 860. The van der Waals surface area contributed by atoms with Gasteiger partial charge in [0, 0.05) is 17.1 Å². The number of unbranched alkanes of at least 4 members (excludes halogenated alkanes) is 2. The van der Waals surface area contributed by atoms with Crippen molar-refractivity contribution < 1.29 is 0 Å². The van der Waals surface area contributed by atoms with E-state index in [-0.39, 0.29) is 0 Å². The molecular weight excluding hydrogens is 326 g/mol. The van der Waals surface area contributed by atoms with Crippen LogP contribution in [0.1, 0.15) is 48.4 Å². The van der Waals surface area contributed by atoms with Crippen LogP contribution >= 0.6 is 0 Å². The van der Waals surface area contributed by atoms with E-state index in [0.717, 1.165) is 0 Å². The fourth-order valence-corrected chi connectivity index (χ4v) is 3.40. The molecule has 0 radical (unpaired) electrons. The number of nitrogens with zero attached hydrogens (tertiary/aromatic N) is 1. The molecule has 0 saturated heterocycles. The van der Waals surface area contributed by atoms with Crippen molar-refractivity contribution in [1.29, 1.82) is 0 Å². The average molecular weight is 358 g/mol. The van der Waals surface area contributed by atoms with Gasteiger partial charge in [0.25, 0.3) is 0 Å². The Morgan fingerprint density at radius 2 is 1.22 bits per heavy atom. The van der Waals surface area contributed by atoms with Gasteiger partial charge in [-0.15, -0.1) is 0 Å². The van der Waals surface area contributed by atoms with Crippen LogP contribution in [0, 0.1) is 20.8 Å². The van der Waals surface area contributed by atoms with Crippen LogP contribution in [0.25, 0.3) is 0 Å². The van der Waals surface area contributed by atoms with Crippen LogP contribution in [-0.4, -0.2) is 0 Å². The van der Waals surface area contributed by atoms with Gasteiger partial charge in [0.05, 0.1) is 0 Å². The first-order chi connectivity index (χ1) is 13.1. The summed E-state index contributed by atoms with van der Waals surface area (Å²) in [6.45, 7) is 8.74. The summed E-state index contributed by atoms with van der Waals surface area (Å²) in [6, 6.07) is 24.6. The van der Waals surface area contributed by atoms with Crippen molar-refractivity contribution in [3.8, 4) is 0 Å². The highest BCUT2D eigenvalue weighted by molar-refractivity contribution is 5.77. The summed E-state index contributed by atoms with van der Waals surface area (Å²) in [5.41, 5.74) is 8.97. The maximum Gasteiger partial charge on any atom is 0.0464 e. The molecule has 3 aromatic carbocycles. The molecule has 0 aromatic heterocycles. The van der Waals surface area contributed by atoms with Crippen molar-refractivity contribution in [3.63, 3.8) is 0 Å². The van der Waals surface area contributed by atoms with Gasteiger partial charge in [-0.05, 0) is 86.7 Å². The second-order valence-corrected chi connectivity index (χ2v) is 7.56. The second kappa shape index (κ2) is 8.90. The summed E-state index contributed by atoms with van der Waals surface area (Å²) in [4.78, 5) is 2.35. The van der Waals surface area contributed by atoms with Crippen LogP contribution in [0.5, 0.6) is 0 Å². The topological polar surface area (TPSA) is 3.24 Å². The lowest BCUT2D eigenvalue weighted by atomic mass is 10.0. The fraction of sp³-hybridized carbons (Fsp3) is 0.308. The lowest BCUT2D eigenvalue weighted by Crippen LogP contribution is -2.10. The van der Waals surface area contributed by atoms with Gasteiger partial charge in [-0.3, -0.25) is 0 Å². The lowest BCUT2D eigenvalue weighted by Gasteiger charge is -2.26. The van der Waals surface area contributed by atoms with E-state index >= 15 is 0 Å². The zero-order chi connectivity index (χ0) is 19.2. The Morgan fingerprint density at radius 3 is 1.81 bits per heavy atom. The third-order valence-corrected chi connectivity index (χ3v) is 5.30. The number of hydrogen-bond donors (Lipinski definition) is 0. The SMILES string of the molecule is CCCCCc1ccc(N(c2ccc(C)cc2)c2ccc(C)c(C)c2)cc1.